The Morgan fingerprint density at radius 3 is 2.23 bits per heavy atom. The molecule has 0 radical (unpaired) electrons. The number of rotatable bonds is 5. The Bertz CT molecular complexity index is 869. The molecule has 3 aromatic rings. The summed E-state index contributed by atoms with van der Waals surface area (Å²) in [5.74, 6) is -0.204. The van der Waals surface area contributed by atoms with Gasteiger partial charge in [0.2, 0.25) is 0 Å². The van der Waals surface area contributed by atoms with Crippen molar-refractivity contribution in [2.24, 2.45) is 0 Å². The molecule has 1 unspecified atom stereocenters. The van der Waals surface area contributed by atoms with Crippen molar-refractivity contribution in [2.75, 3.05) is 10.6 Å². The Morgan fingerprint density at radius 2 is 1.62 bits per heavy atom. The quantitative estimate of drug-likeness (QED) is 0.674. The number of nitrogens with one attached hydrogen (secondary N) is 2. The zero-order valence-electron chi connectivity index (χ0n) is 15.3. The van der Waals surface area contributed by atoms with Crippen molar-refractivity contribution < 1.29 is 4.79 Å². The zero-order valence-corrected chi connectivity index (χ0v) is 15.3. The van der Waals surface area contributed by atoms with Crippen LogP contribution < -0.4 is 10.6 Å². The lowest BCUT2D eigenvalue weighted by atomic mass is 10.1. The number of amides is 1. The van der Waals surface area contributed by atoms with E-state index >= 15 is 0 Å². The molecule has 1 atom stereocenters. The van der Waals surface area contributed by atoms with Crippen LogP contribution in [-0.2, 0) is 0 Å². The summed E-state index contributed by atoms with van der Waals surface area (Å²) in [5.41, 5.74) is 5.39. The fraction of sp³-hybridized carbons (Fsp3) is 0.182. The molecule has 0 spiro atoms. The van der Waals surface area contributed by atoms with E-state index in [0.29, 0.717) is 5.69 Å². The Balaban J connectivity index is 1.68. The standard InChI is InChI=1S/C22H23N3O/c1-15-8-7-9-16(2)21(15)25-22(26)20-13-12-19(14-23-20)24-17(3)18-10-5-4-6-11-18/h4-14,17,24H,1-3H3,(H,25,26). The fourth-order valence-electron chi connectivity index (χ4n) is 2.88. The number of aryl methyl sites for hydroxylation is 2. The van der Waals surface area contributed by atoms with Crippen LogP contribution >= 0.6 is 0 Å². The number of anilines is 2. The van der Waals surface area contributed by atoms with Gasteiger partial charge < -0.3 is 10.6 Å². The van der Waals surface area contributed by atoms with Crippen molar-refractivity contribution in [3.05, 3.63) is 89.2 Å². The summed E-state index contributed by atoms with van der Waals surface area (Å²) in [6.45, 7) is 6.05. The first-order chi connectivity index (χ1) is 12.5. The highest BCUT2D eigenvalue weighted by atomic mass is 16.1. The Hall–Kier alpha value is -3.14. The molecule has 1 aromatic heterocycles. The third kappa shape index (κ3) is 4.09. The second-order valence-corrected chi connectivity index (χ2v) is 6.43. The summed E-state index contributed by atoms with van der Waals surface area (Å²) in [6, 6.07) is 19.9. The lowest BCUT2D eigenvalue weighted by Gasteiger charge is -2.15. The largest absolute Gasteiger partial charge is 0.377 e. The van der Waals surface area contributed by atoms with Gasteiger partial charge >= 0.3 is 0 Å². The number of benzene rings is 2. The van der Waals surface area contributed by atoms with Crippen LogP contribution in [0.2, 0.25) is 0 Å². The smallest absolute Gasteiger partial charge is 0.274 e. The lowest BCUT2D eigenvalue weighted by Crippen LogP contribution is -2.15. The number of carbonyl (C=O) groups is 1. The van der Waals surface area contributed by atoms with Gasteiger partial charge in [-0.2, -0.15) is 0 Å². The summed E-state index contributed by atoms with van der Waals surface area (Å²) < 4.78 is 0. The molecule has 0 aliphatic heterocycles. The van der Waals surface area contributed by atoms with Crippen LogP contribution in [0.15, 0.2) is 66.9 Å². The van der Waals surface area contributed by atoms with Crippen LogP contribution in [0.1, 0.15) is 40.1 Å². The number of hydrogen-bond acceptors (Lipinski definition) is 3. The van der Waals surface area contributed by atoms with E-state index in [1.54, 1.807) is 12.3 Å². The summed E-state index contributed by atoms with van der Waals surface area (Å²) in [4.78, 5) is 16.8. The summed E-state index contributed by atoms with van der Waals surface area (Å²) >= 11 is 0. The number of carbonyl (C=O) groups excluding carboxylic acids is 1. The van der Waals surface area contributed by atoms with Crippen molar-refractivity contribution in [3.63, 3.8) is 0 Å². The van der Waals surface area contributed by atoms with Gasteiger partial charge in [0.15, 0.2) is 0 Å². The Kier molecular flexibility index (Phi) is 5.32. The van der Waals surface area contributed by atoms with E-state index in [1.165, 1.54) is 5.56 Å². The molecule has 0 aliphatic rings. The number of pyridine rings is 1. The van der Waals surface area contributed by atoms with Crippen molar-refractivity contribution in [2.45, 2.75) is 26.8 Å². The Labute approximate surface area is 154 Å². The molecule has 0 saturated heterocycles. The summed E-state index contributed by atoms with van der Waals surface area (Å²) in [5, 5.41) is 6.36. The highest BCUT2D eigenvalue weighted by Crippen LogP contribution is 2.21. The minimum Gasteiger partial charge on any atom is -0.377 e. The first-order valence-corrected chi connectivity index (χ1v) is 8.69. The average molecular weight is 345 g/mol. The first-order valence-electron chi connectivity index (χ1n) is 8.69. The Morgan fingerprint density at radius 1 is 0.923 bits per heavy atom. The maximum absolute atomic E-state index is 12.5. The maximum Gasteiger partial charge on any atom is 0.274 e. The molecule has 26 heavy (non-hydrogen) atoms. The molecule has 1 amide bonds. The second kappa shape index (κ2) is 7.83. The molecular formula is C22H23N3O. The van der Waals surface area contributed by atoms with Crippen molar-refractivity contribution in [1.82, 2.24) is 4.98 Å². The van der Waals surface area contributed by atoms with Crippen LogP contribution in [0.3, 0.4) is 0 Å². The highest BCUT2D eigenvalue weighted by molar-refractivity contribution is 6.03. The minimum atomic E-state index is -0.204. The lowest BCUT2D eigenvalue weighted by molar-refractivity contribution is 0.102. The van der Waals surface area contributed by atoms with Gasteiger partial charge in [0.25, 0.3) is 5.91 Å². The van der Waals surface area contributed by atoms with Gasteiger partial charge in [-0.05, 0) is 49.6 Å². The minimum absolute atomic E-state index is 0.160. The molecule has 2 N–H and O–H groups in total. The molecule has 3 rings (SSSR count). The molecule has 4 nitrogen and oxygen atoms in total. The SMILES string of the molecule is Cc1cccc(C)c1NC(=O)c1ccc(NC(C)c2ccccc2)cn1. The molecule has 0 saturated carbocycles. The highest BCUT2D eigenvalue weighted by Gasteiger charge is 2.11. The molecule has 132 valence electrons. The predicted molar refractivity (Wildman–Crippen MR) is 107 cm³/mol. The molecular weight excluding hydrogens is 322 g/mol. The fourth-order valence-corrected chi connectivity index (χ4v) is 2.88. The second-order valence-electron chi connectivity index (χ2n) is 6.43. The van der Waals surface area contributed by atoms with Crippen molar-refractivity contribution in [3.8, 4) is 0 Å². The number of nitrogens with zero attached hydrogens (tertiary/aromatic N) is 1. The zero-order chi connectivity index (χ0) is 18.5. The molecule has 4 heteroatoms. The first kappa shape index (κ1) is 17.7. The van der Waals surface area contributed by atoms with Gasteiger partial charge in [0.05, 0.1) is 11.9 Å². The molecule has 0 fully saturated rings. The van der Waals surface area contributed by atoms with Crippen LogP contribution in [0, 0.1) is 13.8 Å². The van der Waals surface area contributed by atoms with Crippen LogP contribution in [0.25, 0.3) is 0 Å². The molecule has 0 bridgehead atoms. The van der Waals surface area contributed by atoms with Gasteiger partial charge in [0, 0.05) is 11.7 Å². The number of aromatic nitrogens is 1. The van der Waals surface area contributed by atoms with Gasteiger partial charge in [-0.1, -0.05) is 48.5 Å². The number of para-hydroxylation sites is 1. The monoisotopic (exact) mass is 345 g/mol. The number of hydrogen-bond donors (Lipinski definition) is 2. The van der Waals surface area contributed by atoms with E-state index in [1.807, 2.05) is 56.3 Å². The van der Waals surface area contributed by atoms with Gasteiger partial charge in [0.1, 0.15) is 5.69 Å². The average Bonchev–Trinajstić information content (AvgIpc) is 2.66. The molecule has 2 aromatic carbocycles. The van der Waals surface area contributed by atoms with E-state index in [4.69, 9.17) is 0 Å². The third-order valence-corrected chi connectivity index (χ3v) is 4.40. The van der Waals surface area contributed by atoms with Gasteiger partial charge in [-0.25, -0.2) is 4.98 Å². The van der Waals surface area contributed by atoms with Crippen molar-refractivity contribution in [1.29, 1.82) is 0 Å². The summed E-state index contributed by atoms with van der Waals surface area (Å²) in [6.07, 6.45) is 1.69. The third-order valence-electron chi connectivity index (χ3n) is 4.40. The van der Waals surface area contributed by atoms with Gasteiger partial charge in [-0.3, -0.25) is 4.79 Å². The predicted octanol–water partition coefficient (Wildman–Crippen LogP) is 5.12. The van der Waals surface area contributed by atoms with E-state index in [-0.39, 0.29) is 11.9 Å². The molecule has 1 heterocycles. The van der Waals surface area contributed by atoms with Crippen LogP contribution in [0.5, 0.6) is 0 Å². The van der Waals surface area contributed by atoms with Crippen LogP contribution in [-0.4, -0.2) is 10.9 Å². The maximum atomic E-state index is 12.5. The van der Waals surface area contributed by atoms with Crippen LogP contribution in [0.4, 0.5) is 11.4 Å². The normalized spacial score (nSPS) is 11.7. The van der Waals surface area contributed by atoms with Gasteiger partial charge in [-0.15, -0.1) is 0 Å². The topological polar surface area (TPSA) is 54.0 Å². The van der Waals surface area contributed by atoms with E-state index in [2.05, 4.69) is 34.7 Å². The van der Waals surface area contributed by atoms with E-state index < -0.39 is 0 Å². The van der Waals surface area contributed by atoms with E-state index in [0.717, 1.165) is 22.5 Å². The van der Waals surface area contributed by atoms with Crippen molar-refractivity contribution >= 4 is 17.3 Å². The summed E-state index contributed by atoms with van der Waals surface area (Å²) in [7, 11) is 0. The molecule has 0 aliphatic carbocycles. The van der Waals surface area contributed by atoms with E-state index in [9.17, 15) is 4.79 Å².